The molecule has 2 fully saturated rings. The molecule has 0 bridgehead atoms. The molecular weight excluding hydrogens is 514 g/mol. The molecule has 3 aromatic rings. The molecule has 216 valence electrons. The molecule has 2 aliphatic heterocycles. The predicted octanol–water partition coefficient (Wildman–Crippen LogP) is 1.21. The summed E-state index contributed by atoms with van der Waals surface area (Å²) >= 11 is 0. The van der Waals surface area contributed by atoms with Gasteiger partial charge in [0.25, 0.3) is 5.56 Å². The molecule has 0 radical (unpaired) electrons. The second-order valence-corrected chi connectivity index (χ2v) is 11.0. The molecular formula is C29H39N5O6. The first-order chi connectivity index (χ1) is 19.2. The smallest absolute Gasteiger partial charge is 0.326 e. The third kappa shape index (κ3) is 6.29. The summed E-state index contributed by atoms with van der Waals surface area (Å²) < 4.78 is 20.6. The maximum Gasteiger partial charge on any atom is 0.326 e. The van der Waals surface area contributed by atoms with Crippen LogP contribution in [-0.4, -0.2) is 94.4 Å². The van der Waals surface area contributed by atoms with Crippen LogP contribution in [0.2, 0.25) is 0 Å². The van der Waals surface area contributed by atoms with Gasteiger partial charge in [0, 0.05) is 50.4 Å². The van der Waals surface area contributed by atoms with Gasteiger partial charge in [0.15, 0.2) is 0 Å². The lowest BCUT2D eigenvalue weighted by molar-refractivity contribution is -0.154. The van der Waals surface area contributed by atoms with Crippen LogP contribution in [0.3, 0.4) is 0 Å². The molecule has 2 N–H and O–H groups in total. The predicted molar refractivity (Wildman–Crippen MR) is 150 cm³/mol. The van der Waals surface area contributed by atoms with Crippen molar-refractivity contribution in [2.45, 2.75) is 57.7 Å². The van der Waals surface area contributed by atoms with E-state index < -0.39 is 18.1 Å². The minimum Gasteiger partial charge on any atom is -0.459 e. The van der Waals surface area contributed by atoms with E-state index in [1.165, 1.54) is 0 Å². The highest BCUT2D eigenvalue weighted by atomic mass is 16.6. The van der Waals surface area contributed by atoms with Gasteiger partial charge in [0.1, 0.15) is 18.0 Å². The molecule has 11 nitrogen and oxygen atoms in total. The Morgan fingerprint density at radius 3 is 2.80 bits per heavy atom. The fraction of sp³-hybridized carbons (Fsp3) is 0.552. The molecule has 2 aromatic heterocycles. The van der Waals surface area contributed by atoms with Gasteiger partial charge in [-0.15, -0.1) is 0 Å². The fourth-order valence-corrected chi connectivity index (χ4v) is 5.39. The largest absolute Gasteiger partial charge is 0.459 e. The topological polar surface area (TPSA) is 120 Å². The minimum atomic E-state index is -0.925. The highest BCUT2D eigenvalue weighted by Crippen LogP contribution is 2.27. The van der Waals surface area contributed by atoms with Crippen LogP contribution in [0.4, 0.5) is 0 Å². The summed E-state index contributed by atoms with van der Waals surface area (Å²) in [6.45, 7) is 7.71. The molecule has 0 aliphatic carbocycles. The number of nitrogens with one attached hydrogen (secondary N) is 1. The molecule has 1 aromatic carbocycles. The van der Waals surface area contributed by atoms with Gasteiger partial charge in [-0.1, -0.05) is 6.07 Å². The Morgan fingerprint density at radius 1 is 1.27 bits per heavy atom. The zero-order valence-electron chi connectivity index (χ0n) is 23.6. The Kier molecular flexibility index (Phi) is 8.67. The quantitative estimate of drug-likeness (QED) is 0.377. The van der Waals surface area contributed by atoms with Gasteiger partial charge in [0.2, 0.25) is 0 Å². The number of pyridine rings is 1. The first kappa shape index (κ1) is 28.4. The van der Waals surface area contributed by atoms with Crippen molar-refractivity contribution in [1.29, 1.82) is 0 Å². The zero-order chi connectivity index (χ0) is 28.4. The number of aliphatic hydroxyl groups is 1. The lowest BCUT2D eigenvalue weighted by atomic mass is 10.1. The van der Waals surface area contributed by atoms with Crippen molar-refractivity contribution in [2.24, 2.45) is 7.05 Å². The molecule has 5 rings (SSSR count). The summed E-state index contributed by atoms with van der Waals surface area (Å²) in [6, 6.07) is 7.02. The van der Waals surface area contributed by atoms with Gasteiger partial charge >= 0.3 is 5.97 Å². The van der Waals surface area contributed by atoms with E-state index in [1.54, 1.807) is 18.5 Å². The van der Waals surface area contributed by atoms with E-state index in [1.807, 2.05) is 37.4 Å². The third-order valence-electron chi connectivity index (χ3n) is 7.59. The number of nitrogens with zero attached hydrogens (tertiary/aromatic N) is 4. The van der Waals surface area contributed by atoms with Crippen LogP contribution in [-0.2, 0) is 39.1 Å². The minimum absolute atomic E-state index is 0.00736. The molecule has 11 heteroatoms. The summed E-state index contributed by atoms with van der Waals surface area (Å²) in [5, 5.41) is 13.4. The Labute approximate surface area is 233 Å². The summed E-state index contributed by atoms with van der Waals surface area (Å²) in [4.78, 5) is 32.3. The molecule has 4 atom stereocenters. The van der Waals surface area contributed by atoms with Crippen LogP contribution in [0.1, 0.15) is 24.5 Å². The van der Waals surface area contributed by atoms with Crippen molar-refractivity contribution >= 4 is 17.0 Å². The molecule has 2 saturated heterocycles. The second kappa shape index (κ2) is 12.2. The van der Waals surface area contributed by atoms with Gasteiger partial charge in [-0.3, -0.25) is 14.9 Å². The highest BCUT2D eigenvalue weighted by Gasteiger charge is 2.29. The number of aryl methyl sites for hydroxylation is 2. The number of aliphatic hydroxyl groups excluding tert-OH is 1. The molecule has 2 aliphatic rings. The van der Waals surface area contributed by atoms with E-state index in [0.717, 1.165) is 41.1 Å². The average molecular weight is 554 g/mol. The zero-order valence-corrected chi connectivity index (χ0v) is 23.6. The molecule has 4 heterocycles. The first-order valence-corrected chi connectivity index (χ1v) is 13.9. The number of hydrogen-bond acceptors (Lipinski definition) is 9. The molecule has 1 unspecified atom stereocenters. The van der Waals surface area contributed by atoms with Crippen molar-refractivity contribution in [3.05, 3.63) is 51.9 Å². The van der Waals surface area contributed by atoms with Gasteiger partial charge in [-0.25, -0.2) is 4.98 Å². The highest BCUT2D eigenvalue weighted by molar-refractivity contribution is 5.81. The van der Waals surface area contributed by atoms with Crippen LogP contribution < -0.4 is 10.9 Å². The number of carbonyl (C=O) groups excluding carboxylic acids is 1. The SMILES string of the molecule is Cc1cc(-c2nc3cc(CN[C@H](C(=O)O[C@@H]4CCOC4)[C@@H](C)O)ccc3n2CC2CN(C)CCO2)cn(C)c1=O. The number of rotatable bonds is 9. The van der Waals surface area contributed by atoms with Crippen LogP contribution in [0.15, 0.2) is 35.3 Å². The number of fused-ring (bicyclic) bond motifs is 1. The number of hydrogen-bond donors (Lipinski definition) is 2. The summed E-state index contributed by atoms with van der Waals surface area (Å²) in [5.41, 5.74) is 4.13. The van der Waals surface area contributed by atoms with Crippen molar-refractivity contribution in [1.82, 2.24) is 24.3 Å². The number of benzene rings is 1. The van der Waals surface area contributed by atoms with Crippen molar-refractivity contribution < 1.29 is 24.1 Å². The number of imidazole rings is 1. The van der Waals surface area contributed by atoms with E-state index >= 15 is 0 Å². The van der Waals surface area contributed by atoms with E-state index in [9.17, 15) is 14.7 Å². The lowest BCUT2D eigenvalue weighted by Crippen LogP contribution is -2.46. The lowest BCUT2D eigenvalue weighted by Gasteiger charge is -2.30. The van der Waals surface area contributed by atoms with Crippen molar-refractivity contribution in [3.8, 4) is 11.4 Å². The Bertz CT molecular complexity index is 1380. The van der Waals surface area contributed by atoms with Gasteiger partial charge in [-0.2, -0.15) is 0 Å². The normalized spacial score (nSPS) is 21.5. The maximum atomic E-state index is 12.7. The Hall–Kier alpha value is -3.09. The van der Waals surface area contributed by atoms with Crippen molar-refractivity contribution in [3.63, 3.8) is 0 Å². The number of aromatic nitrogens is 3. The van der Waals surface area contributed by atoms with Crippen LogP contribution in [0, 0.1) is 6.92 Å². The average Bonchev–Trinajstić information content (AvgIpc) is 3.54. The Balaban J connectivity index is 1.42. The summed E-state index contributed by atoms with van der Waals surface area (Å²) in [7, 11) is 3.84. The first-order valence-electron chi connectivity index (χ1n) is 13.9. The Morgan fingerprint density at radius 2 is 2.10 bits per heavy atom. The standard InChI is InChI=1S/C29H39N5O6/c1-18-11-21(14-33(4)28(18)36)27-31-24-12-20(5-6-25(24)34(27)16-23-15-32(3)8-10-39-23)13-30-26(19(2)35)29(37)40-22-7-9-38-17-22/h5-6,11-12,14,19,22-23,26,30,35H,7-10,13,15-17H2,1-4H3/t19-,22-,23?,26+/m1/s1. The molecule has 40 heavy (non-hydrogen) atoms. The number of morpholine rings is 1. The van der Waals surface area contributed by atoms with Crippen molar-refractivity contribution in [2.75, 3.05) is 40.0 Å². The second-order valence-electron chi connectivity index (χ2n) is 11.0. The monoisotopic (exact) mass is 553 g/mol. The third-order valence-corrected chi connectivity index (χ3v) is 7.59. The van der Waals surface area contributed by atoms with E-state index in [2.05, 4.69) is 21.8 Å². The van der Waals surface area contributed by atoms with Gasteiger partial charge in [0.05, 0.1) is 49.6 Å². The number of ether oxygens (including phenoxy) is 3. The summed E-state index contributed by atoms with van der Waals surface area (Å²) in [6.07, 6.45) is 1.29. The van der Waals surface area contributed by atoms with Crippen LogP contribution in [0.25, 0.3) is 22.4 Å². The van der Waals surface area contributed by atoms with E-state index in [4.69, 9.17) is 19.2 Å². The van der Waals surface area contributed by atoms with Crippen LogP contribution in [0.5, 0.6) is 0 Å². The number of esters is 1. The van der Waals surface area contributed by atoms with E-state index in [0.29, 0.717) is 44.9 Å². The number of likely N-dealkylation sites (N-methyl/N-ethyl adjacent to an activating group) is 1. The van der Waals surface area contributed by atoms with E-state index in [-0.39, 0.29) is 17.8 Å². The maximum absolute atomic E-state index is 12.7. The molecule has 0 spiro atoms. The number of carbonyl (C=O) groups is 1. The van der Waals surface area contributed by atoms with Gasteiger partial charge in [-0.05, 0) is 44.7 Å². The fourth-order valence-electron chi connectivity index (χ4n) is 5.39. The summed E-state index contributed by atoms with van der Waals surface area (Å²) in [5.74, 6) is 0.278. The molecule has 0 saturated carbocycles. The van der Waals surface area contributed by atoms with Crippen LogP contribution >= 0.6 is 0 Å². The van der Waals surface area contributed by atoms with Gasteiger partial charge < -0.3 is 33.4 Å². The molecule has 0 amide bonds.